The molecule has 0 atom stereocenters. The van der Waals surface area contributed by atoms with E-state index in [0.29, 0.717) is 12.2 Å². The van der Waals surface area contributed by atoms with E-state index in [2.05, 4.69) is 26.0 Å². The number of carbonyl (C=O) groups is 1. The summed E-state index contributed by atoms with van der Waals surface area (Å²) in [4.78, 5) is 18.8. The summed E-state index contributed by atoms with van der Waals surface area (Å²) >= 11 is 3.39. The third-order valence-corrected chi connectivity index (χ3v) is 4.73. The highest BCUT2D eigenvalue weighted by Gasteiger charge is 2.16. The van der Waals surface area contributed by atoms with Crippen molar-refractivity contribution in [2.45, 2.75) is 13.3 Å². The molecule has 1 aromatic carbocycles. The summed E-state index contributed by atoms with van der Waals surface area (Å²) in [6, 6.07) is 15.0. The van der Waals surface area contributed by atoms with Crippen LogP contribution in [0, 0.1) is 0 Å². The molecule has 1 amide bonds. The highest BCUT2D eigenvalue weighted by molar-refractivity contribution is 9.10. The van der Waals surface area contributed by atoms with Crippen LogP contribution >= 0.6 is 15.9 Å². The van der Waals surface area contributed by atoms with Gasteiger partial charge in [-0.15, -0.1) is 0 Å². The minimum Gasteiger partial charge on any atom is -0.471 e. The van der Waals surface area contributed by atoms with E-state index < -0.39 is 0 Å². The highest BCUT2D eigenvalue weighted by atomic mass is 79.9. The highest BCUT2D eigenvalue weighted by Crippen LogP contribution is 2.16. The lowest BCUT2D eigenvalue weighted by molar-refractivity contribution is 0.0775. The predicted molar refractivity (Wildman–Crippen MR) is 108 cm³/mol. The number of halogens is 1. The third-order valence-electron chi connectivity index (χ3n) is 4.20. The van der Waals surface area contributed by atoms with Crippen LogP contribution in [0.3, 0.4) is 0 Å². The second-order valence-corrected chi connectivity index (χ2v) is 7.24. The van der Waals surface area contributed by atoms with Gasteiger partial charge in [-0.25, -0.2) is 9.67 Å². The van der Waals surface area contributed by atoms with Crippen molar-refractivity contribution in [3.8, 4) is 5.75 Å². The molecule has 0 saturated carbocycles. The quantitative estimate of drug-likeness (QED) is 0.460. The molecule has 0 fully saturated rings. The van der Waals surface area contributed by atoms with Gasteiger partial charge >= 0.3 is 0 Å². The molecule has 0 saturated heterocycles. The summed E-state index contributed by atoms with van der Waals surface area (Å²) in [6.07, 6.45) is 5.58. The van der Waals surface area contributed by atoms with Crippen LogP contribution < -0.4 is 4.74 Å². The first-order valence-electron chi connectivity index (χ1n) is 8.68. The van der Waals surface area contributed by atoms with Crippen molar-refractivity contribution < 1.29 is 9.53 Å². The summed E-state index contributed by atoms with van der Waals surface area (Å²) in [7, 11) is 1.74. The zero-order chi connectivity index (χ0) is 19.5. The number of carbonyl (C=O) groups excluding carboxylic acids is 1. The second kappa shape index (κ2) is 7.85. The lowest BCUT2D eigenvalue weighted by atomic mass is 10.3. The number of imidazole rings is 1. The normalized spacial score (nSPS) is 10.9. The van der Waals surface area contributed by atoms with E-state index in [1.165, 1.54) is 0 Å². The van der Waals surface area contributed by atoms with E-state index >= 15 is 0 Å². The topological polar surface area (TPSA) is 64.7 Å². The molecule has 0 N–H and O–H groups in total. The fraction of sp³-hybridized carbons (Fsp3) is 0.150. The molecule has 7 nitrogen and oxygen atoms in total. The van der Waals surface area contributed by atoms with Crippen LogP contribution in [0.2, 0.25) is 0 Å². The van der Waals surface area contributed by atoms with Crippen LogP contribution in [-0.4, -0.2) is 37.0 Å². The molecule has 0 spiro atoms. The van der Waals surface area contributed by atoms with Crippen LogP contribution in [0.1, 0.15) is 16.2 Å². The first-order chi connectivity index (χ1) is 13.6. The van der Waals surface area contributed by atoms with Gasteiger partial charge in [0.1, 0.15) is 11.4 Å². The van der Waals surface area contributed by atoms with Gasteiger partial charge in [0.2, 0.25) is 0 Å². The first kappa shape index (κ1) is 18.2. The molecule has 0 unspecified atom stereocenters. The Morgan fingerprint density at radius 3 is 2.75 bits per heavy atom. The van der Waals surface area contributed by atoms with Crippen LogP contribution in [0.25, 0.3) is 5.65 Å². The average molecular weight is 440 g/mol. The minimum absolute atomic E-state index is 0.167. The summed E-state index contributed by atoms with van der Waals surface area (Å²) in [6.45, 7) is 0.633. The molecular weight excluding hydrogens is 422 g/mol. The number of hydrogen-bond donors (Lipinski definition) is 0. The molecule has 0 aliphatic carbocycles. The summed E-state index contributed by atoms with van der Waals surface area (Å²) < 4.78 is 10.2. The van der Waals surface area contributed by atoms with Crippen molar-refractivity contribution in [2.75, 3.05) is 7.05 Å². The molecule has 0 bridgehead atoms. The monoisotopic (exact) mass is 439 g/mol. The Morgan fingerprint density at radius 1 is 1.14 bits per heavy atom. The molecular formula is C20H18BrN5O2. The molecule has 8 heteroatoms. The van der Waals surface area contributed by atoms with Gasteiger partial charge in [0.15, 0.2) is 12.4 Å². The van der Waals surface area contributed by atoms with E-state index in [1.807, 2.05) is 59.3 Å². The average Bonchev–Trinajstić information content (AvgIpc) is 3.33. The van der Waals surface area contributed by atoms with Gasteiger partial charge in [-0.3, -0.25) is 4.79 Å². The zero-order valence-corrected chi connectivity index (χ0v) is 16.8. The lowest BCUT2D eigenvalue weighted by Gasteiger charge is -2.14. The maximum atomic E-state index is 12.7. The summed E-state index contributed by atoms with van der Waals surface area (Å²) in [5, 5.41) is 4.31. The number of hydrogen-bond acceptors (Lipinski definition) is 4. The van der Waals surface area contributed by atoms with E-state index in [1.54, 1.807) is 28.9 Å². The molecule has 142 valence electrons. The first-order valence-corrected chi connectivity index (χ1v) is 9.48. The second-order valence-electron chi connectivity index (χ2n) is 6.33. The fourth-order valence-corrected chi connectivity index (χ4v) is 3.06. The van der Waals surface area contributed by atoms with Crippen LogP contribution in [0.15, 0.2) is 71.6 Å². The Hall–Kier alpha value is -3.13. The van der Waals surface area contributed by atoms with Crippen LogP contribution in [0.5, 0.6) is 5.75 Å². The molecule has 4 rings (SSSR count). The van der Waals surface area contributed by atoms with Gasteiger partial charge in [-0.2, -0.15) is 5.10 Å². The number of amides is 1. The predicted octanol–water partition coefficient (Wildman–Crippen LogP) is 3.60. The molecule has 3 aromatic heterocycles. The van der Waals surface area contributed by atoms with Gasteiger partial charge in [0, 0.05) is 30.1 Å². The third kappa shape index (κ3) is 4.07. The van der Waals surface area contributed by atoms with Crippen molar-refractivity contribution in [3.63, 3.8) is 0 Å². The molecule has 3 heterocycles. The Kier molecular flexibility index (Phi) is 5.12. The van der Waals surface area contributed by atoms with Crippen molar-refractivity contribution in [3.05, 3.63) is 83.0 Å². The van der Waals surface area contributed by atoms with Gasteiger partial charge in [-0.05, 0) is 42.5 Å². The standard InChI is InChI=1S/C20H18BrN5O2/c1-24(12-16-13-25-10-3-2-4-19(25)22-16)20(27)18-9-11-26(23-18)14-28-17-7-5-15(21)6-8-17/h2-11,13H,12,14H2,1H3. The van der Waals surface area contributed by atoms with Crippen molar-refractivity contribution in [1.29, 1.82) is 0 Å². The van der Waals surface area contributed by atoms with E-state index in [9.17, 15) is 4.79 Å². The Morgan fingerprint density at radius 2 is 1.96 bits per heavy atom. The number of benzene rings is 1. The zero-order valence-electron chi connectivity index (χ0n) is 15.2. The van der Waals surface area contributed by atoms with Crippen molar-refractivity contribution >= 4 is 27.5 Å². The summed E-state index contributed by atoms with van der Waals surface area (Å²) in [5.74, 6) is 0.565. The number of fused-ring (bicyclic) bond motifs is 1. The lowest BCUT2D eigenvalue weighted by Crippen LogP contribution is -2.27. The molecule has 0 aliphatic heterocycles. The van der Waals surface area contributed by atoms with E-state index in [0.717, 1.165) is 21.6 Å². The largest absolute Gasteiger partial charge is 0.471 e. The molecule has 4 aromatic rings. The van der Waals surface area contributed by atoms with Gasteiger partial charge in [0.25, 0.3) is 5.91 Å². The number of pyridine rings is 1. The van der Waals surface area contributed by atoms with Gasteiger partial charge in [0.05, 0.1) is 12.2 Å². The molecule has 0 aliphatic rings. The maximum Gasteiger partial charge on any atom is 0.274 e. The maximum absolute atomic E-state index is 12.7. The number of rotatable bonds is 6. The van der Waals surface area contributed by atoms with E-state index in [-0.39, 0.29) is 12.6 Å². The minimum atomic E-state index is -0.167. The number of aromatic nitrogens is 4. The SMILES string of the molecule is CN(Cc1cn2ccccc2n1)C(=O)c1ccn(COc2ccc(Br)cc2)n1. The Bertz CT molecular complexity index is 1070. The molecule has 0 radical (unpaired) electrons. The number of ether oxygens (including phenoxy) is 1. The molecule has 28 heavy (non-hydrogen) atoms. The van der Waals surface area contributed by atoms with Crippen LogP contribution in [-0.2, 0) is 13.3 Å². The Labute approximate surface area is 170 Å². The fourth-order valence-electron chi connectivity index (χ4n) is 2.79. The van der Waals surface area contributed by atoms with Crippen molar-refractivity contribution in [1.82, 2.24) is 24.1 Å². The van der Waals surface area contributed by atoms with E-state index in [4.69, 9.17) is 4.74 Å². The van der Waals surface area contributed by atoms with Crippen LogP contribution in [0.4, 0.5) is 0 Å². The van der Waals surface area contributed by atoms with Gasteiger partial charge in [-0.1, -0.05) is 22.0 Å². The smallest absolute Gasteiger partial charge is 0.274 e. The Balaban J connectivity index is 1.38. The van der Waals surface area contributed by atoms with Crippen molar-refractivity contribution in [2.24, 2.45) is 0 Å². The van der Waals surface area contributed by atoms with Gasteiger partial charge < -0.3 is 14.0 Å². The summed E-state index contributed by atoms with van der Waals surface area (Å²) in [5.41, 5.74) is 2.04. The number of nitrogens with zero attached hydrogens (tertiary/aromatic N) is 5.